The highest BCUT2D eigenvalue weighted by Crippen LogP contribution is 2.29. The molecule has 1 N–H and O–H groups in total. The van der Waals surface area contributed by atoms with Crippen molar-refractivity contribution in [1.82, 2.24) is 0 Å². The first-order valence-corrected chi connectivity index (χ1v) is 6.63. The average Bonchev–Trinajstić information content (AvgIpc) is 2.50. The van der Waals surface area contributed by atoms with Crippen molar-refractivity contribution < 1.29 is 14.6 Å². The van der Waals surface area contributed by atoms with Crippen molar-refractivity contribution in [3.05, 3.63) is 65.7 Å². The van der Waals surface area contributed by atoms with Gasteiger partial charge in [-0.15, -0.1) is 0 Å². The van der Waals surface area contributed by atoms with Crippen LogP contribution in [0.3, 0.4) is 0 Å². The summed E-state index contributed by atoms with van der Waals surface area (Å²) in [6, 6.07) is 17.4. The van der Waals surface area contributed by atoms with Crippen LogP contribution in [0.4, 0.5) is 0 Å². The number of para-hydroxylation sites is 1. The van der Waals surface area contributed by atoms with Gasteiger partial charge in [-0.25, -0.2) is 0 Å². The zero-order chi connectivity index (χ0) is 14.4. The third-order valence-electron chi connectivity index (χ3n) is 3.45. The Labute approximate surface area is 119 Å². The minimum Gasteiger partial charge on any atom is -0.508 e. The number of phenols is 1. The molecular formula is C17H20O3. The van der Waals surface area contributed by atoms with Crippen LogP contribution in [0.15, 0.2) is 54.6 Å². The number of hydrogen-bond donors (Lipinski definition) is 1. The van der Waals surface area contributed by atoms with Crippen molar-refractivity contribution in [2.24, 2.45) is 0 Å². The van der Waals surface area contributed by atoms with Crippen LogP contribution in [0.5, 0.6) is 5.75 Å². The van der Waals surface area contributed by atoms with Crippen LogP contribution in [-0.2, 0) is 15.9 Å². The molecule has 3 heteroatoms. The van der Waals surface area contributed by atoms with Crippen LogP contribution in [0, 0.1) is 0 Å². The van der Waals surface area contributed by atoms with Crippen molar-refractivity contribution in [2.45, 2.75) is 18.6 Å². The number of phenolic OH excluding ortho intramolecular Hbond substituents is 1. The largest absolute Gasteiger partial charge is 0.508 e. The average molecular weight is 272 g/mol. The highest BCUT2D eigenvalue weighted by Gasteiger charge is 2.24. The molecule has 0 aliphatic carbocycles. The lowest BCUT2D eigenvalue weighted by Crippen LogP contribution is -2.25. The summed E-state index contributed by atoms with van der Waals surface area (Å²) < 4.78 is 10.8. The summed E-state index contributed by atoms with van der Waals surface area (Å²) >= 11 is 0. The van der Waals surface area contributed by atoms with Crippen molar-refractivity contribution in [2.75, 3.05) is 14.2 Å². The molecule has 0 saturated carbocycles. The second-order valence-corrected chi connectivity index (χ2v) is 4.69. The fourth-order valence-corrected chi connectivity index (χ4v) is 2.42. The lowest BCUT2D eigenvalue weighted by Gasteiger charge is -2.25. The quantitative estimate of drug-likeness (QED) is 0.820. The molecule has 0 aliphatic rings. The summed E-state index contributed by atoms with van der Waals surface area (Å²) in [5.74, 6) is 0.332. The molecule has 1 unspecified atom stereocenters. The fourth-order valence-electron chi connectivity index (χ4n) is 2.42. The number of ether oxygens (including phenoxy) is 2. The molecule has 0 heterocycles. The van der Waals surface area contributed by atoms with Gasteiger partial charge >= 0.3 is 0 Å². The van der Waals surface area contributed by atoms with Gasteiger partial charge in [0.15, 0.2) is 6.29 Å². The van der Waals surface area contributed by atoms with Crippen LogP contribution in [-0.4, -0.2) is 25.6 Å². The Morgan fingerprint density at radius 1 is 0.900 bits per heavy atom. The van der Waals surface area contributed by atoms with Crippen LogP contribution < -0.4 is 0 Å². The zero-order valence-corrected chi connectivity index (χ0v) is 11.8. The zero-order valence-electron chi connectivity index (χ0n) is 11.8. The third-order valence-corrected chi connectivity index (χ3v) is 3.45. The molecule has 20 heavy (non-hydrogen) atoms. The van der Waals surface area contributed by atoms with E-state index in [9.17, 15) is 5.11 Å². The van der Waals surface area contributed by atoms with Gasteiger partial charge in [0, 0.05) is 20.1 Å². The number of aromatic hydroxyl groups is 1. The molecule has 0 amide bonds. The summed E-state index contributed by atoms with van der Waals surface area (Å²) in [5, 5.41) is 9.95. The fraction of sp³-hybridized carbons (Fsp3) is 0.294. The molecule has 0 bridgehead atoms. The van der Waals surface area contributed by atoms with E-state index in [1.54, 1.807) is 20.3 Å². The van der Waals surface area contributed by atoms with E-state index in [4.69, 9.17) is 9.47 Å². The van der Waals surface area contributed by atoms with Crippen molar-refractivity contribution >= 4 is 0 Å². The first-order chi connectivity index (χ1) is 9.76. The molecule has 0 aliphatic heterocycles. The Hall–Kier alpha value is -1.84. The lowest BCUT2D eigenvalue weighted by atomic mass is 9.91. The number of hydrogen-bond acceptors (Lipinski definition) is 3. The summed E-state index contributed by atoms with van der Waals surface area (Å²) in [5.41, 5.74) is 2.02. The number of benzene rings is 2. The second kappa shape index (κ2) is 7.08. The van der Waals surface area contributed by atoms with E-state index in [1.807, 2.05) is 36.4 Å². The first kappa shape index (κ1) is 14.6. The topological polar surface area (TPSA) is 38.7 Å². The van der Waals surface area contributed by atoms with Crippen LogP contribution in [0.2, 0.25) is 0 Å². The minimum atomic E-state index is -0.350. The normalized spacial score (nSPS) is 12.6. The monoisotopic (exact) mass is 272 g/mol. The van der Waals surface area contributed by atoms with E-state index >= 15 is 0 Å². The molecule has 0 fully saturated rings. The van der Waals surface area contributed by atoms with E-state index < -0.39 is 0 Å². The third kappa shape index (κ3) is 3.38. The Balaban J connectivity index is 2.30. The van der Waals surface area contributed by atoms with Gasteiger partial charge in [0.2, 0.25) is 0 Å². The maximum atomic E-state index is 9.95. The maximum Gasteiger partial charge on any atom is 0.163 e. The Morgan fingerprint density at radius 3 is 2.10 bits per heavy atom. The van der Waals surface area contributed by atoms with Gasteiger partial charge in [0.25, 0.3) is 0 Å². The van der Waals surface area contributed by atoms with Gasteiger partial charge < -0.3 is 14.6 Å². The van der Waals surface area contributed by atoms with Crippen molar-refractivity contribution in [1.29, 1.82) is 0 Å². The summed E-state index contributed by atoms with van der Waals surface area (Å²) in [7, 11) is 3.27. The summed E-state index contributed by atoms with van der Waals surface area (Å²) in [4.78, 5) is 0. The first-order valence-electron chi connectivity index (χ1n) is 6.63. The second-order valence-electron chi connectivity index (χ2n) is 4.69. The molecular weight excluding hydrogens is 252 g/mol. The van der Waals surface area contributed by atoms with Gasteiger partial charge in [0.1, 0.15) is 5.75 Å². The van der Waals surface area contributed by atoms with E-state index in [2.05, 4.69) is 12.1 Å². The summed E-state index contributed by atoms with van der Waals surface area (Å²) in [6.45, 7) is 0. The molecule has 2 aromatic rings. The van der Waals surface area contributed by atoms with Gasteiger partial charge in [-0.1, -0.05) is 48.5 Å². The SMILES string of the molecule is COC(OC)C(Cc1ccccc1O)c1ccccc1. The van der Waals surface area contributed by atoms with E-state index in [0.717, 1.165) is 11.1 Å². The standard InChI is InChI=1S/C17H20O3/c1-19-17(20-2)15(13-8-4-3-5-9-13)12-14-10-6-7-11-16(14)18/h3-11,15,17-18H,12H2,1-2H3. The highest BCUT2D eigenvalue weighted by atomic mass is 16.7. The van der Waals surface area contributed by atoms with Crippen LogP contribution >= 0.6 is 0 Å². The molecule has 1 atom stereocenters. The summed E-state index contributed by atoms with van der Waals surface area (Å²) in [6.07, 6.45) is 0.306. The smallest absolute Gasteiger partial charge is 0.163 e. The minimum absolute atomic E-state index is 0.0273. The van der Waals surface area contributed by atoms with E-state index in [0.29, 0.717) is 12.2 Å². The van der Waals surface area contributed by atoms with Gasteiger partial charge in [-0.3, -0.25) is 0 Å². The number of methoxy groups -OCH3 is 2. The molecule has 0 aromatic heterocycles. The Bertz CT molecular complexity index is 521. The molecule has 3 nitrogen and oxygen atoms in total. The van der Waals surface area contributed by atoms with Crippen LogP contribution in [0.25, 0.3) is 0 Å². The van der Waals surface area contributed by atoms with Gasteiger partial charge in [-0.2, -0.15) is 0 Å². The number of rotatable bonds is 6. The van der Waals surface area contributed by atoms with Crippen molar-refractivity contribution in [3.8, 4) is 5.75 Å². The molecule has 106 valence electrons. The maximum absolute atomic E-state index is 9.95. The van der Waals surface area contributed by atoms with Gasteiger partial charge in [0.05, 0.1) is 0 Å². The predicted octanol–water partition coefficient (Wildman–Crippen LogP) is 3.34. The molecule has 0 radical (unpaired) electrons. The molecule has 2 rings (SSSR count). The Kier molecular flexibility index (Phi) is 5.16. The molecule has 0 spiro atoms. The van der Waals surface area contributed by atoms with Crippen molar-refractivity contribution in [3.63, 3.8) is 0 Å². The molecule has 0 saturated heterocycles. The van der Waals surface area contributed by atoms with Crippen LogP contribution in [0.1, 0.15) is 17.0 Å². The molecule has 2 aromatic carbocycles. The van der Waals surface area contributed by atoms with E-state index in [-0.39, 0.29) is 12.2 Å². The lowest BCUT2D eigenvalue weighted by molar-refractivity contribution is -0.118. The highest BCUT2D eigenvalue weighted by molar-refractivity contribution is 5.34. The van der Waals surface area contributed by atoms with E-state index in [1.165, 1.54) is 0 Å². The predicted molar refractivity (Wildman–Crippen MR) is 78.8 cm³/mol. The Morgan fingerprint density at radius 2 is 1.50 bits per heavy atom. The van der Waals surface area contributed by atoms with Gasteiger partial charge in [-0.05, 0) is 23.6 Å².